The zero-order chi connectivity index (χ0) is 18.4. The monoisotopic (exact) mass is 430 g/mol. The average molecular weight is 431 g/mol. The summed E-state index contributed by atoms with van der Waals surface area (Å²) in [5, 5.41) is 11.9. The van der Waals surface area contributed by atoms with Gasteiger partial charge in [0, 0.05) is 10.2 Å². The van der Waals surface area contributed by atoms with Crippen molar-refractivity contribution < 1.29 is 4.79 Å². The van der Waals surface area contributed by atoms with E-state index in [9.17, 15) is 4.79 Å². The Kier molecular flexibility index (Phi) is 6.46. The maximum atomic E-state index is 12.4. The summed E-state index contributed by atoms with van der Waals surface area (Å²) >= 11 is 4.81. The fourth-order valence-corrected chi connectivity index (χ4v) is 3.58. The first-order valence-corrected chi connectivity index (χ1v) is 10.1. The van der Waals surface area contributed by atoms with E-state index in [1.165, 1.54) is 11.8 Å². The van der Waals surface area contributed by atoms with Crippen LogP contribution in [0.25, 0.3) is 5.69 Å². The molecule has 0 aliphatic carbocycles. The van der Waals surface area contributed by atoms with Crippen LogP contribution in [-0.4, -0.2) is 26.4 Å². The lowest BCUT2D eigenvalue weighted by Gasteiger charge is -2.17. The molecule has 0 saturated carbocycles. The molecule has 0 aliphatic heterocycles. The fraction of sp³-hybridized carbons (Fsp3) is 0.211. The molecular formula is C19H19BrN4OS. The zero-order valence-corrected chi connectivity index (χ0v) is 16.7. The number of para-hydroxylation sites is 1. The number of thioether (sulfide) groups is 1. The molecule has 1 heterocycles. The molecule has 3 aromatic rings. The third-order valence-electron chi connectivity index (χ3n) is 3.90. The van der Waals surface area contributed by atoms with Crippen LogP contribution in [0.5, 0.6) is 0 Å². The predicted octanol–water partition coefficient (Wildman–Crippen LogP) is 4.39. The molecular weight excluding hydrogens is 412 g/mol. The molecule has 1 atom stereocenters. The van der Waals surface area contributed by atoms with Gasteiger partial charge >= 0.3 is 0 Å². The van der Waals surface area contributed by atoms with E-state index in [1.54, 1.807) is 6.33 Å². The van der Waals surface area contributed by atoms with Crippen LogP contribution in [0.15, 0.2) is 70.6 Å². The van der Waals surface area contributed by atoms with E-state index in [0.717, 1.165) is 22.1 Å². The Morgan fingerprint density at radius 3 is 2.62 bits per heavy atom. The quantitative estimate of drug-likeness (QED) is 0.564. The molecule has 5 nitrogen and oxygen atoms in total. The van der Waals surface area contributed by atoms with Crippen LogP contribution in [0.1, 0.15) is 24.9 Å². The van der Waals surface area contributed by atoms with E-state index < -0.39 is 0 Å². The lowest BCUT2D eigenvalue weighted by atomic mass is 10.0. The number of amides is 1. The van der Waals surface area contributed by atoms with Crippen LogP contribution in [0.3, 0.4) is 0 Å². The van der Waals surface area contributed by atoms with E-state index >= 15 is 0 Å². The normalized spacial score (nSPS) is 11.9. The number of nitrogens with one attached hydrogen (secondary N) is 1. The molecule has 1 aromatic heterocycles. The van der Waals surface area contributed by atoms with Crippen LogP contribution < -0.4 is 5.32 Å². The summed E-state index contributed by atoms with van der Waals surface area (Å²) in [6, 6.07) is 17.9. The van der Waals surface area contributed by atoms with Gasteiger partial charge in [-0.2, -0.15) is 0 Å². The Labute approximate surface area is 165 Å². The van der Waals surface area contributed by atoms with Gasteiger partial charge in [0.2, 0.25) is 5.91 Å². The van der Waals surface area contributed by atoms with Crippen molar-refractivity contribution >= 4 is 33.6 Å². The smallest absolute Gasteiger partial charge is 0.230 e. The van der Waals surface area contributed by atoms with Crippen molar-refractivity contribution in [2.75, 3.05) is 5.75 Å². The van der Waals surface area contributed by atoms with Crippen LogP contribution in [0.4, 0.5) is 0 Å². The minimum atomic E-state index is -0.0209. The summed E-state index contributed by atoms with van der Waals surface area (Å²) in [6.07, 6.45) is 2.49. The Balaban J connectivity index is 1.61. The number of nitrogens with zero attached hydrogens (tertiary/aromatic N) is 3. The second kappa shape index (κ2) is 9.00. The third-order valence-corrected chi connectivity index (χ3v) is 5.37. The summed E-state index contributed by atoms with van der Waals surface area (Å²) in [7, 11) is 0. The van der Waals surface area contributed by atoms with E-state index in [2.05, 4.69) is 38.4 Å². The van der Waals surface area contributed by atoms with Crippen LogP contribution >= 0.6 is 27.7 Å². The van der Waals surface area contributed by atoms with Gasteiger partial charge in [0.1, 0.15) is 6.33 Å². The molecule has 2 aromatic carbocycles. The lowest BCUT2D eigenvalue weighted by Crippen LogP contribution is -2.29. The Bertz CT molecular complexity index is 851. The topological polar surface area (TPSA) is 59.8 Å². The van der Waals surface area contributed by atoms with E-state index in [4.69, 9.17) is 0 Å². The average Bonchev–Trinajstić information content (AvgIpc) is 3.14. The van der Waals surface area contributed by atoms with Crippen molar-refractivity contribution in [3.05, 3.63) is 71.0 Å². The zero-order valence-electron chi connectivity index (χ0n) is 14.3. The molecule has 0 bridgehead atoms. The second-order valence-electron chi connectivity index (χ2n) is 5.69. The van der Waals surface area contributed by atoms with Crippen LogP contribution in [-0.2, 0) is 4.79 Å². The van der Waals surface area contributed by atoms with Crippen molar-refractivity contribution in [1.29, 1.82) is 0 Å². The van der Waals surface area contributed by atoms with Crippen molar-refractivity contribution in [2.24, 2.45) is 0 Å². The van der Waals surface area contributed by atoms with Gasteiger partial charge in [-0.05, 0) is 36.2 Å². The highest BCUT2D eigenvalue weighted by Crippen LogP contribution is 2.22. The molecule has 0 spiro atoms. The Hall–Kier alpha value is -2.12. The maximum absolute atomic E-state index is 12.4. The first-order chi connectivity index (χ1) is 12.7. The number of carbonyl (C=O) groups excluding carboxylic acids is 1. The first kappa shape index (κ1) is 18.7. The summed E-state index contributed by atoms with van der Waals surface area (Å²) in [5.41, 5.74) is 2.07. The Morgan fingerprint density at radius 2 is 1.92 bits per heavy atom. The highest BCUT2D eigenvalue weighted by molar-refractivity contribution is 9.10. The molecule has 7 heteroatoms. The molecule has 0 saturated heterocycles. The van der Waals surface area contributed by atoms with E-state index in [-0.39, 0.29) is 11.9 Å². The number of benzene rings is 2. The number of hydrogen-bond acceptors (Lipinski definition) is 4. The van der Waals surface area contributed by atoms with Gasteiger partial charge in [-0.3, -0.25) is 9.36 Å². The van der Waals surface area contributed by atoms with Gasteiger partial charge in [-0.25, -0.2) is 0 Å². The van der Waals surface area contributed by atoms with Gasteiger partial charge in [-0.15, -0.1) is 10.2 Å². The van der Waals surface area contributed by atoms with Crippen LogP contribution in [0.2, 0.25) is 0 Å². The standard InChI is InChI=1S/C19H19BrN4OS/c1-2-17(14-8-10-15(20)11-9-14)22-18(25)12-26-19-23-21-13-24(19)16-6-4-3-5-7-16/h3-11,13,17H,2,12H2,1H3,(H,22,25). The van der Waals surface area contributed by atoms with Gasteiger partial charge < -0.3 is 5.32 Å². The summed E-state index contributed by atoms with van der Waals surface area (Å²) < 4.78 is 2.91. The molecule has 1 amide bonds. The van der Waals surface area contributed by atoms with Crippen molar-refractivity contribution in [3.63, 3.8) is 0 Å². The van der Waals surface area contributed by atoms with Crippen molar-refractivity contribution in [2.45, 2.75) is 24.5 Å². The predicted molar refractivity (Wildman–Crippen MR) is 107 cm³/mol. The van der Waals surface area contributed by atoms with Gasteiger partial charge in [0.25, 0.3) is 0 Å². The van der Waals surface area contributed by atoms with E-state index in [0.29, 0.717) is 10.9 Å². The van der Waals surface area contributed by atoms with Gasteiger partial charge in [-0.1, -0.05) is 64.9 Å². The molecule has 3 rings (SSSR count). The minimum Gasteiger partial charge on any atom is -0.349 e. The summed E-state index contributed by atoms with van der Waals surface area (Å²) in [4.78, 5) is 12.4. The largest absolute Gasteiger partial charge is 0.349 e. The van der Waals surface area contributed by atoms with Crippen molar-refractivity contribution in [1.82, 2.24) is 20.1 Å². The fourth-order valence-electron chi connectivity index (χ4n) is 2.57. The number of aromatic nitrogens is 3. The summed E-state index contributed by atoms with van der Waals surface area (Å²) in [6.45, 7) is 2.06. The number of carbonyl (C=O) groups is 1. The minimum absolute atomic E-state index is 0.00296. The van der Waals surface area contributed by atoms with Gasteiger partial charge in [0.15, 0.2) is 5.16 Å². The second-order valence-corrected chi connectivity index (χ2v) is 7.55. The van der Waals surface area contributed by atoms with Crippen LogP contribution in [0, 0.1) is 0 Å². The highest BCUT2D eigenvalue weighted by atomic mass is 79.9. The highest BCUT2D eigenvalue weighted by Gasteiger charge is 2.15. The molecule has 1 N–H and O–H groups in total. The third kappa shape index (κ3) is 4.74. The SMILES string of the molecule is CCC(NC(=O)CSc1nncn1-c1ccccc1)c1ccc(Br)cc1. The molecule has 26 heavy (non-hydrogen) atoms. The number of halogens is 1. The molecule has 134 valence electrons. The molecule has 0 radical (unpaired) electrons. The van der Waals surface area contributed by atoms with Crippen molar-refractivity contribution in [3.8, 4) is 5.69 Å². The maximum Gasteiger partial charge on any atom is 0.230 e. The molecule has 1 unspecified atom stereocenters. The van der Waals surface area contributed by atoms with Gasteiger partial charge in [0.05, 0.1) is 11.8 Å². The Morgan fingerprint density at radius 1 is 1.19 bits per heavy atom. The first-order valence-electron chi connectivity index (χ1n) is 8.30. The molecule has 0 fully saturated rings. The number of hydrogen-bond donors (Lipinski definition) is 1. The molecule has 0 aliphatic rings. The number of rotatable bonds is 7. The summed E-state index contributed by atoms with van der Waals surface area (Å²) in [5.74, 6) is 0.269. The van der Waals surface area contributed by atoms with E-state index in [1.807, 2.05) is 59.2 Å². The lowest BCUT2D eigenvalue weighted by molar-refractivity contribution is -0.119.